The molecule has 1 aromatic heterocycles. The zero-order chi connectivity index (χ0) is 15.8. The van der Waals surface area contributed by atoms with Crippen molar-refractivity contribution in [3.63, 3.8) is 0 Å². The highest BCUT2D eigenvalue weighted by Gasteiger charge is 2.66. The Morgan fingerprint density at radius 3 is 2.62 bits per heavy atom. The highest BCUT2D eigenvalue weighted by Crippen LogP contribution is 2.51. The monoisotopic (exact) mass is 294 g/mol. The van der Waals surface area contributed by atoms with Gasteiger partial charge in [0.25, 0.3) is 5.91 Å². The van der Waals surface area contributed by atoms with Gasteiger partial charge >= 0.3 is 5.97 Å². The summed E-state index contributed by atoms with van der Waals surface area (Å²) in [5, 5.41) is 12.4. The van der Waals surface area contributed by atoms with Gasteiger partial charge in [-0.2, -0.15) is 0 Å². The fourth-order valence-electron chi connectivity index (χ4n) is 2.99. The molecular formula is C15H22N2O4. The van der Waals surface area contributed by atoms with E-state index in [4.69, 9.17) is 4.74 Å². The summed E-state index contributed by atoms with van der Waals surface area (Å²) in [6.45, 7) is 6.03. The minimum Gasteiger partial charge on any atom is -0.479 e. The summed E-state index contributed by atoms with van der Waals surface area (Å²) in [6, 6.07) is 3.41. The molecule has 2 N–H and O–H groups in total. The number of amides is 1. The van der Waals surface area contributed by atoms with Crippen molar-refractivity contribution in [1.29, 1.82) is 0 Å². The van der Waals surface area contributed by atoms with E-state index >= 15 is 0 Å². The molecule has 0 spiro atoms. The molecule has 1 aliphatic rings. The molecule has 2 rings (SSSR count). The third-order valence-corrected chi connectivity index (χ3v) is 4.63. The van der Waals surface area contributed by atoms with E-state index < -0.39 is 16.9 Å². The van der Waals surface area contributed by atoms with Crippen molar-refractivity contribution in [3.05, 3.63) is 24.0 Å². The summed E-state index contributed by atoms with van der Waals surface area (Å²) in [6.07, 6.45) is 1.85. The summed E-state index contributed by atoms with van der Waals surface area (Å²) in [4.78, 5) is 24.1. The number of nitrogens with one attached hydrogen (secondary N) is 1. The molecule has 0 bridgehead atoms. The number of hydrogen-bond acceptors (Lipinski definition) is 3. The normalized spacial score (nSPS) is 27.0. The van der Waals surface area contributed by atoms with Crippen LogP contribution in [0.1, 0.15) is 37.7 Å². The predicted octanol–water partition coefficient (Wildman–Crippen LogP) is 1.41. The van der Waals surface area contributed by atoms with Crippen LogP contribution in [0.5, 0.6) is 0 Å². The molecule has 1 heterocycles. The molecule has 6 nitrogen and oxygen atoms in total. The first kappa shape index (κ1) is 15.6. The predicted molar refractivity (Wildman–Crippen MR) is 77.1 cm³/mol. The van der Waals surface area contributed by atoms with Gasteiger partial charge in [-0.15, -0.1) is 0 Å². The van der Waals surface area contributed by atoms with Gasteiger partial charge in [0.05, 0.1) is 6.10 Å². The topological polar surface area (TPSA) is 80.6 Å². The Morgan fingerprint density at radius 1 is 1.52 bits per heavy atom. The van der Waals surface area contributed by atoms with Crippen molar-refractivity contribution in [2.24, 2.45) is 12.5 Å². The van der Waals surface area contributed by atoms with Gasteiger partial charge in [0.1, 0.15) is 11.2 Å². The number of carbonyl (C=O) groups is 2. The Balaban J connectivity index is 2.24. The number of aromatic nitrogens is 1. The molecule has 21 heavy (non-hydrogen) atoms. The van der Waals surface area contributed by atoms with Crippen LogP contribution >= 0.6 is 0 Å². The van der Waals surface area contributed by atoms with Gasteiger partial charge in [-0.25, -0.2) is 4.79 Å². The van der Waals surface area contributed by atoms with Crippen molar-refractivity contribution in [2.75, 3.05) is 6.61 Å². The van der Waals surface area contributed by atoms with Gasteiger partial charge in [0.2, 0.25) is 0 Å². The molecular weight excluding hydrogens is 272 g/mol. The average Bonchev–Trinajstić information content (AvgIpc) is 2.83. The minimum absolute atomic E-state index is 0.174. The van der Waals surface area contributed by atoms with E-state index in [-0.39, 0.29) is 18.4 Å². The highest BCUT2D eigenvalue weighted by atomic mass is 16.5. The average molecular weight is 294 g/mol. The highest BCUT2D eigenvalue weighted by molar-refractivity contribution is 5.97. The van der Waals surface area contributed by atoms with Gasteiger partial charge in [0.15, 0.2) is 0 Å². The largest absolute Gasteiger partial charge is 0.479 e. The SMILES string of the molecule is CCOC1CC(NC(=O)c2cccn2C)(C(=O)O)C1(C)C. The van der Waals surface area contributed by atoms with Gasteiger partial charge in [-0.05, 0) is 19.1 Å². The molecule has 2 unspecified atom stereocenters. The third kappa shape index (κ3) is 2.23. The lowest BCUT2D eigenvalue weighted by molar-refractivity contribution is -0.190. The fourth-order valence-corrected chi connectivity index (χ4v) is 2.99. The van der Waals surface area contributed by atoms with E-state index in [0.717, 1.165) is 0 Å². The van der Waals surface area contributed by atoms with E-state index in [1.807, 2.05) is 20.8 Å². The number of carbonyl (C=O) groups excluding carboxylic acids is 1. The summed E-state index contributed by atoms with van der Waals surface area (Å²) < 4.78 is 7.24. The van der Waals surface area contributed by atoms with Crippen LogP contribution in [0.25, 0.3) is 0 Å². The Kier molecular flexibility index (Phi) is 3.84. The molecule has 2 atom stereocenters. The zero-order valence-corrected chi connectivity index (χ0v) is 12.8. The molecule has 1 amide bonds. The van der Waals surface area contributed by atoms with E-state index in [9.17, 15) is 14.7 Å². The number of nitrogens with zero attached hydrogens (tertiary/aromatic N) is 1. The van der Waals surface area contributed by atoms with Crippen molar-refractivity contribution in [3.8, 4) is 0 Å². The number of hydrogen-bond donors (Lipinski definition) is 2. The molecule has 1 aliphatic carbocycles. The molecule has 0 saturated heterocycles. The van der Waals surface area contributed by atoms with Gasteiger partial charge in [-0.1, -0.05) is 13.8 Å². The van der Waals surface area contributed by atoms with Crippen LogP contribution < -0.4 is 5.32 Å². The molecule has 0 aliphatic heterocycles. The number of carboxylic acids is 1. The zero-order valence-electron chi connectivity index (χ0n) is 12.8. The standard InChI is InChI=1S/C15H22N2O4/c1-5-21-11-9-15(13(19)20,14(11,2)3)16-12(18)10-7-6-8-17(10)4/h6-8,11H,5,9H2,1-4H3,(H,16,18)(H,19,20). The van der Waals surface area contributed by atoms with Crippen LogP contribution in [0.3, 0.4) is 0 Å². The van der Waals surface area contributed by atoms with E-state index in [2.05, 4.69) is 5.32 Å². The Bertz CT molecular complexity index is 564. The molecule has 1 aromatic rings. The van der Waals surface area contributed by atoms with E-state index in [0.29, 0.717) is 12.3 Å². The molecule has 0 radical (unpaired) electrons. The maximum Gasteiger partial charge on any atom is 0.330 e. The van der Waals surface area contributed by atoms with Gasteiger partial charge in [0, 0.05) is 31.7 Å². The van der Waals surface area contributed by atoms with Crippen LogP contribution in [-0.2, 0) is 16.6 Å². The molecule has 116 valence electrons. The quantitative estimate of drug-likeness (QED) is 0.860. The van der Waals surface area contributed by atoms with Crippen molar-refractivity contribution >= 4 is 11.9 Å². The second-order valence-corrected chi connectivity index (χ2v) is 6.04. The van der Waals surface area contributed by atoms with Crippen molar-refractivity contribution < 1.29 is 19.4 Å². The Morgan fingerprint density at radius 2 is 2.19 bits per heavy atom. The number of aliphatic carboxylic acids is 1. The maximum atomic E-state index is 12.4. The Hall–Kier alpha value is -1.82. The Labute approximate surface area is 124 Å². The van der Waals surface area contributed by atoms with Crippen LogP contribution in [0.4, 0.5) is 0 Å². The molecule has 0 aromatic carbocycles. The van der Waals surface area contributed by atoms with Crippen LogP contribution in [0, 0.1) is 5.41 Å². The first-order valence-corrected chi connectivity index (χ1v) is 7.05. The van der Waals surface area contributed by atoms with Gasteiger partial charge in [-0.3, -0.25) is 4.79 Å². The number of rotatable bonds is 5. The first-order chi connectivity index (χ1) is 9.76. The van der Waals surface area contributed by atoms with Crippen molar-refractivity contribution in [1.82, 2.24) is 9.88 Å². The number of carboxylic acid groups (broad SMARTS) is 1. The first-order valence-electron chi connectivity index (χ1n) is 7.05. The molecule has 6 heteroatoms. The van der Waals surface area contributed by atoms with Crippen molar-refractivity contribution in [2.45, 2.75) is 38.8 Å². The summed E-state index contributed by atoms with van der Waals surface area (Å²) in [5.74, 6) is -1.40. The van der Waals surface area contributed by atoms with E-state index in [1.54, 1.807) is 29.9 Å². The lowest BCUT2D eigenvalue weighted by atomic mass is 9.54. The minimum atomic E-state index is -1.30. The number of ether oxygens (including phenoxy) is 1. The number of aryl methyl sites for hydroxylation is 1. The molecule has 1 saturated carbocycles. The second kappa shape index (κ2) is 5.18. The van der Waals surface area contributed by atoms with Crippen LogP contribution in [0.15, 0.2) is 18.3 Å². The summed E-state index contributed by atoms with van der Waals surface area (Å²) >= 11 is 0. The third-order valence-electron chi connectivity index (χ3n) is 4.63. The second-order valence-electron chi connectivity index (χ2n) is 6.04. The van der Waals surface area contributed by atoms with Crippen LogP contribution in [0.2, 0.25) is 0 Å². The fraction of sp³-hybridized carbons (Fsp3) is 0.600. The smallest absolute Gasteiger partial charge is 0.330 e. The van der Waals surface area contributed by atoms with Crippen LogP contribution in [-0.4, -0.2) is 39.8 Å². The lowest BCUT2D eigenvalue weighted by Gasteiger charge is -2.58. The van der Waals surface area contributed by atoms with Gasteiger partial charge < -0.3 is 19.7 Å². The van der Waals surface area contributed by atoms with E-state index in [1.165, 1.54) is 0 Å². The summed E-state index contributed by atoms with van der Waals surface area (Å²) in [5.41, 5.74) is -1.53. The summed E-state index contributed by atoms with van der Waals surface area (Å²) in [7, 11) is 1.75. The maximum absolute atomic E-state index is 12.4. The lowest BCUT2D eigenvalue weighted by Crippen LogP contribution is -2.76. The molecule has 1 fully saturated rings.